The summed E-state index contributed by atoms with van der Waals surface area (Å²) in [6.45, 7) is 13.3. The van der Waals surface area contributed by atoms with E-state index in [1.165, 1.54) is 0 Å². The van der Waals surface area contributed by atoms with Crippen LogP contribution in [-0.4, -0.2) is 115 Å². The molecule has 0 saturated carbocycles. The molecule has 10 heteroatoms. The predicted octanol–water partition coefficient (Wildman–Crippen LogP) is 5.51. The highest BCUT2D eigenvalue weighted by atomic mass is 16.6. The third-order valence-corrected chi connectivity index (χ3v) is 8.58. The quantitative estimate of drug-likeness (QED) is 0.288. The lowest BCUT2D eigenvalue weighted by atomic mass is 9.97. The number of carbonyl (C=O) groups excluding carboxylic acids is 2. The number of nitrogens with zero attached hydrogens (tertiary/aromatic N) is 5. The summed E-state index contributed by atoms with van der Waals surface area (Å²) in [7, 11) is 2.08. The fourth-order valence-corrected chi connectivity index (χ4v) is 6.07. The van der Waals surface area contributed by atoms with Crippen LogP contribution in [-0.2, 0) is 4.74 Å². The van der Waals surface area contributed by atoms with E-state index in [1.54, 1.807) is 11.1 Å². The van der Waals surface area contributed by atoms with E-state index in [2.05, 4.69) is 39.3 Å². The number of pyridine rings is 1. The molecule has 2 saturated heterocycles. The van der Waals surface area contributed by atoms with Gasteiger partial charge >= 0.3 is 6.09 Å². The molecule has 10 nitrogen and oxygen atoms in total. The summed E-state index contributed by atoms with van der Waals surface area (Å²) in [5, 5.41) is 4.55. The van der Waals surface area contributed by atoms with Crippen molar-refractivity contribution in [3.63, 3.8) is 0 Å². The third kappa shape index (κ3) is 7.18. The molecule has 46 heavy (non-hydrogen) atoms. The van der Waals surface area contributed by atoms with Crippen molar-refractivity contribution in [2.45, 2.75) is 26.4 Å². The Hall–Kier alpha value is -4.41. The minimum Gasteiger partial charge on any atom is -0.444 e. The Morgan fingerprint density at radius 3 is 2.28 bits per heavy atom. The third-order valence-electron chi connectivity index (χ3n) is 8.58. The van der Waals surface area contributed by atoms with E-state index in [0.29, 0.717) is 30.1 Å². The second kappa shape index (κ2) is 13.5. The Balaban J connectivity index is 1.22. The van der Waals surface area contributed by atoms with Crippen molar-refractivity contribution in [2.24, 2.45) is 0 Å². The zero-order chi connectivity index (χ0) is 32.3. The average molecular weight is 625 g/mol. The first-order valence-corrected chi connectivity index (χ1v) is 16.2. The molecular weight excluding hydrogens is 580 g/mol. The molecule has 2 fully saturated rings. The van der Waals surface area contributed by atoms with Gasteiger partial charge in [0.1, 0.15) is 11.4 Å². The number of ether oxygens (including phenoxy) is 1. The summed E-state index contributed by atoms with van der Waals surface area (Å²) < 4.78 is 12.0. The molecular formula is C36H44N6O4. The number of piperazine rings is 2. The summed E-state index contributed by atoms with van der Waals surface area (Å²) in [6, 6.07) is 19.9. The standard InChI is InChI=1S/C36H44N6O4/c1-36(2,3)46-35(44)42-23-19-40(20-24-42)16-15-37-29-13-14-38-33-31(29)30(26-9-6-5-7-10-26)32(45-33)27-11-8-12-28(25-27)34(43)41-21-17-39(4)18-22-41/h5-14,25H,15-24H2,1-4H3,(H,37,38). The molecule has 0 spiro atoms. The molecule has 2 amide bonds. The lowest BCUT2D eigenvalue weighted by molar-refractivity contribution is 0.0148. The number of furan rings is 1. The van der Waals surface area contributed by atoms with Gasteiger partial charge in [0.25, 0.3) is 5.91 Å². The van der Waals surface area contributed by atoms with E-state index in [9.17, 15) is 9.59 Å². The normalized spacial score (nSPS) is 16.5. The van der Waals surface area contributed by atoms with Crippen LogP contribution in [0, 0.1) is 0 Å². The molecule has 0 bridgehead atoms. The highest BCUT2D eigenvalue weighted by molar-refractivity contribution is 6.07. The van der Waals surface area contributed by atoms with Gasteiger partial charge in [-0.2, -0.15) is 0 Å². The van der Waals surface area contributed by atoms with Crippen molar-refractivity contribution in [1.82, 2.24) is 24.6 Å². The first-order chi connectivity index (χ1) is 22.2. The number of aromatic nitrogens is 1. The predicted molar refractivity (Wildman–Crippen MR) is 181 cm³/mol. The molecule has 242 valence electrons. The summed E-state index contributed by atoms with van der Waals surface area (Å²) in [4.78, 5) is 38.8. The van der Waals surface area contributed by atoms with Crippen LogP contribution in [0.2, 0.25) is 0 Å². The van der Waals surface area contributed by atoms with Crippen molar-refractivity contribution in [3.8, 4) is 22.5 Å². The number of amides is 2. The average Bonchev–Trinajstić information content (AvgIpc) is 3.45. The second-order valence-corrected chi connectivity index (χ2v) is 13.1. The van der Waals surface area contributed by atoms with Gasteiger partial charge in [-0.1, -0.05) is 42.5 Å². The Morgan fingerprint density at radius 1 is 0.870 bits per heavy atom. The van der Waals surface area contributed by atoms with Crippen LogP contribution >= 0.6 is 0 Å². The Morgan fingerprint density at radius 2 is 1.57 bits per heavy atom. The molecule has 0 aliphatic carbocycles. The fourth-order valence-electron chi connectivity index (χ4n) is 6.07. The van der Waals surface area contributed by atoms with Crippen molar-refractivity contribution >= 4 is 28.8 Å². The number of hydrogen-bond acceptors (Lipinski definition) is 8. The van der Waals surface area contributed by atoms with E-state index in [4.69, 9.17) is 9.15 Å². The molecule has 1 N–H and O–H groups in total. The van der Waals surface area contributed by atoms with Crippen LogP contribution in [0.3, 0.4) is 0 Å². The fraction of sp³-hybridized carbons (Fsp3) is 0.417. The number of nitrogens with one attached hydrogen (secondary N) is 1. The van der Waals surface area contributed by atoms with Gasteiger partial charge in [0, 0.05) is 94.0 Å². The summed E-state index contributed by atoms with van der Waals surface area (Å²) in [5.41, 5.74) is 4.44. The van der Waals surface area contributed by atoms with E-state index >= 15 is 0 Å². The van der Waals surface area contributed by atoms with Crippen molar-refractivity contribution in [1.29, 1.82) is 0 Å². The number of fused-ring (bicyclic) bond motifs is 1. The monoisotopic (exact) mass is 624 g/mol. The van der Waals surface area contributed by atoms with Gasteiger partial charge in [-0.3, -0.25) is 9.69 Å². The SMILES string of the molecule is CN1CCN(C(=O)c2cccc(-c3oc4nccc(NCCN5CCN(C(=O)OC(C)(C)C)CC5)c4c3-c3ccccc3)c2)CC1. The molecule has 2 aliphatic heterocycles. The van der Waals surface area contributed by atoms with E-state index < -0.39 is 5.60 Å². The first kappa shape index (κ1) is 31.6. The molecule has 2 aromatic heterocycles. The van der Waals surface area contributed by atoms with E-state index in [1.807, 2.05) is 74.2 Å². The van der Waals surface area contributed by atoms with Crippen LogP contribution < -0.4 is 5.32 Å². The van der Waals surface area contributed by atoms with Gasteiger partial charge in [0.05, 0.1) is 5.39 Å². The van der Waals surface area contributed by atoms with Crippen molar-refractivity contribution in [2.75, 3.05) is 77.8 Å². The number of rotatable bonds is 7. The zero-order valence-corrected chi connectivity index (χ0v) is 27.3. The number of anilines is 1. The first-order valence-electron chi connectivity index (χ1n) is 16.2. The summed E-state index contributed by atoms with van der Waals surface area (Å²) in [5.74, 6) is 0.731. The maximum Gasteiger partial charge on any atom is 0.410 e. The van der Waals surface area contributed by atoms with Crippen molar-refractivity contribution < 1.29 is 18.7 Å². The lowest BCUT2D eigenvalue weighted by Crippen LogP contribution is -2.50. The van der Waals surface area contributed by atoms with Gasteiger partial charge < -0.3 is 29.2 Å². The van der Waals surface area contributed by atoms with Gasteiger partial charge in [-0.15, -0.1) is 0 Å². The number of carbonyl (C=O) groups is 2. The molecule has 0 radical (unpaired) electrons. The number of likely N-dealkylation sites (N-methyl/N-ethyl adjacent to an activating group) is 1. The van der Waals surface area contributed by atoms with Gasteiger partial charge in [-0.25, -0.2) is 9.78 Å². The topological polar surface area (TPSA) is 94.4 Å². The zero-order valence-electron chi connectivity index (χ0n) is 27.3. The van der Waals surface area contributed by atoms with Gasteiger partial charge in [0.15, 0.2) is 0 Å². The van der Waals surface area contributed by atoms with Crippen LogP contribution in [0.15, 0.2) is 71.3 Å². The highest BCUT2D eigenvalue weighted by Crippen LogP contribution is 2.43. The van der Waals surface area contributed by atoms with Crippen LogP contribution in [0.5, 0.6) is 0 Å². The Bertz CT molecular complexity index is 1670. The van der Waals surface area contributed by atoms with E-state index in [0.717, 1.165) is 80.1 Å². The summed E-state index contributed by atoms with van der Waals surface area (Å²) in [6.07, 6.45) is 1.52. The summed E-state index contributed by atoms with van der Waals surface area (Å²) >= 11 is 0. The smallest absolute Gasteiger partial charge is 0.410 e. The maximum atomic E-state index is 13.5. The van der Waals surface area contributed by atoms with Crippen LogP contribution in [0.4, 0.5) is 10.5 Å². The minimum absolute atomic E-state index is 0.0414. The Kier molecular flexibility index (Phi) is 9.28. The molecule has 2 aliphatic rings. The lowest BCUT2D eigenvalue weighted by Gasteiger charge is -2.35. The van der Waals surface area contributed by atoms with Gasteiger partial charge in [-0.05, 0) is 51.6 Å². The molecule has 4 aromatic rings. The minimum atomic E-state index is -0.496. The second-order valence-electron chi connectivity index (χ2n) is 13.1. The highest BCUT2D eigenvalue weighted by Gasteiger charge is 2.27. The maximum absolute atomic E-state index is 13.5. The number of hydrogen-bond donors (Lipinski definition) is 1. The number of benzene rings is 2. The van der Waals surface area contributed by atoms with E-state index in [-0.39, 0.29) is 12.0 Å². The molecule has 0 atom stereocenters. The molecule has 4 heterocycles. The largest absolute Gasteiger partial charge is 0.444 e. The molecule has 6 rings (SSSR count). The molecule has 2 aromatic carbocycles. The Labute approximate surface area is 270 Å². The molecule has 0 unspecified atom stereocenters. The van der Waals surface area contributed by atoms with Crippen LogP contribution in [0.25, 0.3) is 33.6 Å². The van der Waals surface area contributed by atoms with Crippen LogP contribution in [0.1, 0.15) is 31.1 Å². The van der Waals surface area contributed by atoms with Crippen molar-refractivity contribution in [3.05, 3.63) is 72.4 Å². The van der Waals surface area contributed by atoms with Gasteiger partial charge in [0.2, 0.25) is 5.71 Å².